The summed E-state index contributed by atoms with van der Waals surface area (Å²) in [5.74, 6) is -0.357. The Bertz CT molecular complexity index is 700. The van der Waals surface area contributed by atoms with Gasteiger partial charge in [-0.15, -0.1) is 0 Å². The fourth-order valence-electron chi connectivity index (χ4n) is 2.75. The summed E-state index contributed by atoms with van der Waals surface area (Å²) in [6.07, 6.45) is 4.10. The van der Waals surface area contributed by atoms with Gasteiger partial charge in [-0.05, 0) is 18.1 Å². The second kappa shape index (κ2) is 8.23. The average Bonchev–Trinajstić information content (AvgIpc) is 2.69. The summed E-state index contributed by atoms with van der Waals surface area (Å²) < 4.78 is 0. The van der Waals surface area contributed by atoms with Gasteiger partial charge in [-0.3, -0.25) is 9.59 Å². The monoisotopic (exact) mass is 339 g/mol. The summed E-state index contributed by atoms with van der Waals surface area (Å²) in [5.41, 5.74) is 1.13. The van der Waals surface area contributed by atoms with E-state index in [0.29, 0.717) is 45.1 Å². The van der Waals surface area contributed by atoms with E-state index in [0.717, 1.165) is 5.56 Å². The Labute approximate surface area is 146 Å². The molecule has 1 aliphatic heterocycles. The number of amides is 2. The van der Waals surface area contributed by atoms with Crippen molar-refractivity contribution >= 4 is 17.8 Å². The molecule has 0 bridgehead atoms. The maximum atomic E-state index is 12.2. The number of anilines is 1. The van der Waals surface area contributed by atoms with Crippen LogP contribution in [0.25, 0.3) is 0 Å². The van der Waals surface area contributed by atoms with Crippen molar-refractivity contribution in [2.75, 3.05) is 37.6 Å². The van der Waals surface area contributed by atoms with Crippen LogP contribution in [0.1, 0.15) is 5.56 Å². The van der Waals surface area contributed by atoms with E-state index in [9.17, 15) is 9.59 Å². The summed E-state index contributed by atoms with van der Waals surface area (Å²) >= 11 is 0. The lowest BCUT2D eigenvalue weighted by Gasteiger charge is -2.34. The van der Waals surface area contributed by atoms with E-state index in [1.165, 1.54) is 0 Å². The molecular formula is C18H21N5O2. The van der Waals surface area contributed by atoms with Crippen LogP contribution in [0.15, 0.2) is 48.8 Å². The Hall–Kier alpha value is -2.96. The number of benzene rings is 1. The zero-order valence-corrected chi connectivity index (χ0v) is 14.0. The Morgan fingerprint density at radius 1 is 0.960 bits per heavy atom. The van der Waals surface area contributed by atoms with Crippen LogP contribution in [0.5, 0.6) is 0 Å². The minimum Gasteiger partial charge on any atom is -0.347 e. The molecule has 1 aliphatic rings. The van der Waals surface area contributed by atoms with E-state index in [-0.39, 0.29) is 0 Å². The number of carbonyl (C=O) groups excluding carboxylic acids is 2. The van der Waals surface area contributed by atoms with Crippen LogP contribution in [0, 0.1) is 0 Å². The second-order valence-electron chi connectivity index (χ2n) is 5.82. The first-order valence-electron chi connectivity index (χ1n) is 8.37. The lowest BCUT2D eigenvalue weighted by molar-refractivity contribution is -0.146. The van der Waals surface area contributed by atoms with Crippen molar-refractivity contribution in [2.24, 2.45) is 0 Å². The van der Waals surface area contributed by atoms with Crippen LogP contribution < -0.4 is 10.2 Å². The molecule has 0 aliphatic carbocycles. The van der Waals surface area contributed by atoms with Crippen molar-refractivity contribution in [1.82, 2.24) is 20.2 Å². The van der Waals surface area contributed by atoms with E-state index in [2.05, 4.69) is 15.3 Å². The summed E-state index contributed by atoms with van der Waals surface area (Å²) in [7, 11) is 0. The lowest BCUT2D eigenvalue weighted by atomic mass is 10.1. The van der Waals surface area contributed by atoms with Gasteiger partial charge >= 0.3 is 11.8 Å². The lowest BCUT2D eigenvalue weighted by Crippen LogP contribution is -2.53. The van der Waals surface area contributed by atoms with Crippen LogP contribution in [0.2, 0.25) is 0 Å². The third kappa shape index (κ3) is 4.53. The molecule has 0 saturated carbocycles. The number of nitrogens with one attached hydrogen (secondary N) is 1. The van der Waals surface area contributed by atoms with E-state index >= 15 is 0 Å². The van der Waals surface area contributed by atoms with Crippen molar-refractivity contribution in [2.45, 2.75) is 6.42 Å². The van der Waals surface area contributed by atoms with E-state index in [1.54, 1.807) is 23.4 Å². The first-order chi connectivity index (χ1) is 12.2. The predicted octanol–water partition coefficient (Wildman–Crippen LogP) is 0.484. The number of piperazine rings is 1. The summed E-state index contributed by atoms with van der Waals surface area (Å²) in [5, 5.41) is 2.70. The highest BCUT2D eigenvalue weighted by atomic mass is 16.2. The van der Waals surface area contributed by atoms with Crippen molar-refractivity contribution < 1.29 is 9.59 Å². The Morgan fingerprint density at radius 3 is 2.32 bits per heavy atom. The van der Waals surface area contributed by atoms with Crippen LogP contribution in [-0.4, -0.2) is 59.4 Å². The topological polar surface area (TPSA) is 78.4 Å². The van der Waals surface area contributed by atoms with Gasteiger partial charge < -0.3 is 15.1 Å². The fraction of sp³-hybridized carbons (Fsp3) is 0.333. The molecule has 1 aromatic heterocycles. The van der Waals surface area contributed by atoms with Crippen LogP contribution in [0.3, 0.4) is 0 Å². The molecule has 0 spiro atoms. The van der Waals surface area contributed by atoms with Gasteiger partial charge in [0, 0.05) is 45.1 Å². The third-order valence-electron chi connectivity index (χ3n) is 4.14. The van der Waals surface area contributed by atoms with Crippen LogP contribution in [0.4, 0.5) is 5.95 Å². The molecule has 2 amide bonds. The number of hydrogen-bond acceptors (Lipinski definition) is 5. The Balaban J connectivity index is 1.43. The standard InChI is InChI=1S/C18H21N5O2/c24-16(19-10-7-15-5-2-1-3-6-15)17(25)22-11-13-23(14-12-22)18-20-8-4-9-21-18/h1-6,8-9H,7,10-14H2,(H,19,24). The molecule has 0 unspecified atom stereocenters. The zero-order valence-electron chi connectivity index (χ0n) is 14.0. The summed E-state index contributed by atoms with van der Waals surface area (Å²) in [6, 6.07) is 11.6. The molecule has 2 heterocycles. The smallest absolute Gasteiger partial charge is 0.312 e. The summed E-state index contributed by atoms with van der Waals surface area (Å²) in [4.78, 5) is 36.3. The number of carbonyl (C=O) groups is 2. The molecule has 2 aromatic rings. The van der Waals surface area contributed by atoms with Crippen LogP contribution in [-0.2, 0) is 16.0 Å². The van der Waals surface area contributed by atoms with Gasteiger partial charge in [0.2, 0.25) is 5.95 Å². The van der Waals surface area contributed by atoms with Gasteiger partial charge in [-0.2, -0.15) is 0 Å². The SMILES string of the molecule is O=C(NCCc1ccccc1)C(=O)N1CCN(c2ncccn2)CC1. The Kier molecular flexibility index (Phi) is 5.56. The maximum Gasteiger partial charge on any atom is 0.312 e. The predicted molar refractivity (Wildman–Crippen MR) is 94.0 cm³/mol. The average molecular weight is 339 g/mol. The zero-order chi connectivity index (χ0) is 17.5. The van der Waals surface area contributed by atoms with Gasteiger partial charge in [-0.1, -0.05) is 30.3 Å². The molecule has 1 aromatic carbocycles. The highest BCUT2D eigenvalue weighted by Crippen LogP contribution is 2.09. The van der Waals surface area contributed by atoms with Gasteiger partial charge in [-0.25, -0.2) is 9.97 Å². The molecule has 130 valence electrons. The molecule has 0 radical (unpaired) electrons. The third-order valence-corrected chi connectivity index (χ3v) is 4.14. The van der Waals surface area contributed by atoms with Crippen molar-refractivity contribution in [3.8, 4) is 0 Å². The molecule has 7 heteroatoms. The van der Waals surface area contributed by atoms with E-state index in [1.807, 2.05) is 35.2 Å². The van der Waals surface area contributed by atoms with Gasteiger partial charge in [0.25, 0.3) is 0 Å². The van der Waals surface area contributed by atoms with Crippen molar-refractivity contribution in [3.63, 3.8) is 0 Å². The molecule has 1 fully saturated rings. The van der Waals surface area contributed by atoms with Gasteiger partial charge in [0.15, 0.2) is 0 Å². The van der Waals surface area contributed by atoms with Crippen LogP contribution >= 0.6 is 0 Å². The molecule has 3 rings (SSSR count). The van der Waals surface area contributed by atoms with Crippen molar-refractivity contribution in [1.29, 1.82) is 0 Å². The minimum absolute atomic E-state index is 0.451. The largest absolute Gasteiger partial charge is 0.347 e. The minimum atomic E-state index is -0.541. The Morgan fingerprint density at radius 2 is 1.64 bits per heavy atom. The molecule has 1 N–H and O–H groups in total. The maximum absolute atomic E-state index is 12.2. The quantitative estimate of drug-likeness (QED) is 0.820. The number of hydrogen-bond donors (Lipinski definition) is 1. The summed E-state index contributed by atoms with van der Waals surface area (Å²) in [6.45, 7) is 2.67. The second-order valence-corrected chi connectivity index (χ2v) is 5.82. The van der Waals surface area contributed by atoms with Gasteiger partial charge in [0.05, 0.1) is 0 Å². The first-order valence-corrected chi connectivity index (χ1v) is 8.37. The molecule has 7 nitrogen and oxygen atoms in total. The number of aromatic nitrogens is 2. The molecule has 25 heavy (non-hydrogen) atoms. The molecule has 1 saturated heterocycles. The van der Waals surface area contributed by atoms with Gasteiger partial charge in [0.1, 0.15) is 0 Å². The normalized spacial score (nSPS) is 14.2. The number of rotatable bonds is 4. The van der Waals surface area contributed by atoms with E-state index in [4.69, 9.17) is 0 Å². The fourth-order valence-corrected chi connectivity index (χ4v) is 2.75. The molecule has 0 atom stereocenters. The van der Waals surface area contributed by atoms with E-state index < -0.39 is 11.8 Å². The highest BCUT2D eigenvalue weighted by molar-refractivity contribution is 6.35. The first kappa shape index (κ1) is 16.9. The molecular weight excluding hydrogens is 318 g/mol. The number of nitrogens with zero attached hydrogens (tertiary/aromatic N) is 4. The highest BCUT2D eigenvalue weighted by Gasteiger charge is 2.26. The van der Waals surface area contributed by atoms with Crippen molar-refractivity contribution in [3.05, 3.63) is 54.4 Å².